The third kappa shape index (κ3) is 5.32. The highest BCUT2D eigenvalue weighted by Gasteiger charge is 2.03. The van der Waals surface area contributed by atoms with Crippen LogP contribution in [0.25, 0.3) is 0 Å². The molecule has 0 saturated heterocycles. The van der Waals surface area contributed by atoms with Gasteiger partial charge in [-0.1, -0.05) is 50.6 Å². The second-order valence-electron chi connectivity index (χ2n) is 4.56. The summed E-state index contributed by atoms with van der Waals surface area (Å²) >= 11 is 0. The molecule has 0 radical (unpaired) electrons. The fourth-order valence-electron chi connectivity index (χ4n) is 1.95. The van der Waals surface area contributed by atoms with Gasteiger partial charge in [-0.3, -0.25) is 0 Å². The van der Waals surface area contributed by atoms with Crippen LogP contribution < -0.4 is 5.32 Å². The second-order valence-corrected chi connectivity index (χ2v) is 4.56. The Balaban J connectivity index is 2.09. The van der Waals surface area contributed by atoms with E-state index in [4.69, 9.17) is 0 Å². The second kappa shape index (κ2) is 8.35. The molecule has 1 atom stereocenters. The van der Waals surface area contributed by atoms with E-state index in [0.29, 0.717) is 5.92 Å². The van der Waals surface area contributed by atoms with Gasteiger partial charge in [-0.05, 0) is 43.8 Å². The maximum Gasteiger partial charge on any atom is -0.00489 e. The van der Waals surface area contributed by atoms with Gasteiger partial charge in [0.1, 0.15) is 0 Å². The molecule has 1 unspecified atom stereocenters. The van der Waals surface area contributed by atoms with Crippen molar-refractivity contribution < 1.29 is 0 Å². The molecule has 1 heteroatoms. The maximum absolute atomic E-state index is 3.45. The highest BCUT2D eigenvalue weighted by molar-refractivity contribution is 5.18. The van der Waals surface area contributed by atoms with Crippen LogP contribution in [0.15, 0.2) is 30.3 Å². The Morgan fingerprint density at radius 1 is 1.06 bits per heavy atom. The van der Waals surface area contributed by atoms with Crippen molar-refractivity contribution in [2.45, 2.75) is 45.4 Å². The van der Waals surface area contributed by atoms with Crippen LogP contribution in [0.4, 0.5) is 0 Å². The standard InChI is InChI=1S/C15H25N/c1-3-12-16-13-8-7-9-14(2)15-10-5-4-6-11-15/h4-6,10-11,14,16H,3,7-9,12-13H2,1-2H3. The number of rotatable bonds is 8. The first-order valence-electron chi connectivity index (χ1n) is 6.60. The molecule has 90 valence electrons. The topological polar surface area (TPSA) is 12.0 Å². The number of hydrogen-bond acceptors (Lipinski definition) is 1. The van der Waals surface area contributed by atoms with E-state index in [1.54, 1.807) is 0 Å². The highest BCUT2D eigenvalue weighted by Crippen LogP contribution is 2.20. The van der Waals surface area contributed by atoms with Crippen LogP contribution in [0.1, 0.15) is 51.0 Å². The molecule has 0 amide bonds. The Bertz CT molecular complexity index is 255. The molecule has 0 fully saturated rings. The van der Waals surface area contributed by atoms with Crippen molar-refractivity contribution in [3.05, 3.63) is 35.9 Å². The molecule has 1 aromatic carbocycles. The van der Waals surface area contributed by atoms with Crippen LogP contribution in [0.2, 0.25) is 0 Å². The van der Waals surface area contributed by atoms with E-state index in [2.05, 4.69) is 49.5 Å². The molecule has 1 N–H and O–H groups in total. The van der Waals surface area contributed by atoms with Gasteiger partial charge in [0.25, 0.3) is 0 Å². The summed E-state index contributed by atoms with van der Waals surface area (Å²) in [6, 6.07) is 10.8. The Kier molecular flexibility index (Phi) is 6.91. The first-order chi connectivity index (χ1) is 7.84. The van der Waals surface area contributed by atoms with Crippen LogP contribution >= 0.6 is 0 Å². The van der Waals surface area contributed by atoms with Crippen LogP contribution in [-0.4, -0.2) is 13.1 Å². The fraction of sp³-hybridized carbons (Fsp3) is 0.600. The molecule has 0 aliphatic rings. The largest absolute Gasteiger partial charge is 0.317 e. The van der Waals surface area contributed by atoms with E-state index in [1.807, 2.05) is 0 Å². The summed E-state index contributed by atoms with van der Waals surface area (Å²) in [6.07, 6.45) is 5.17. The molecule has 1 nitrogen and oxygen atoms in total. The SMILES string of the molecule is CCCNCCCCC(C)c1ccccc1. The number of hydrogen-bond donors (Lipinski definition) is 1. The summed E-state index contributed by atoms with van der Waals surface area (Å²) in [7, 11) is 0. The van der Waals surface area contributed by atoms with Gasteiger partial charge in [0, 0.05) is 0 Å². The van der Waals surface area contributed by atoms with Crippen molar-refractivity contribution in [1.82, 2.24) is 5.32 Å². The lowest BCUT2D eigenvalue weighted by Gasteiger charge is -2.11. The summed E-state index contributed by atoms with van der Waals surface area (Å²) < 4.78 is 0. The van der Waals surface area contributed by atoms with Crippen molar-refractivity contribution in [2.75, 3.05) is 13.1 Å². The molecule has 0 heterocycles. The van der Waals surface area contributed by atoms with Gasteiger partial charge >= 0.3 is 0 Å². The summed E-state index contributed by atoms with van der Waals surface area (Å²) in [5.74, 6) is 0.701. The molecule has 0 bridgehead atoms. The average molecular weight is 219 g/mol. The minimum atomic E-state index is 0.701. The minimum absolute atomic E-state index is 0.701. The average Bonchev–Trinajstić information content (AvgIpc) is 2.34. The molecule has 1 rings (SSSR count). The Labute approximate surface area is 100 Å². The Morgan fingerprint density at radius 3 is 2.50 bits per heavy atom. The molecular formula is C15H25N. The molecule has 0 saturated carbocycles. The first-order valence-corrected chi connectivity index (χ1v) is 6.60. The molecule has 1 aromatic rings. The van der Waals surface area contributed by atoms with Crippen molar-refractivity contribution in [2.24, 2.45) is 0 Å². The Morgan fingerprint density at radius 2 is 1.81 bits per heavy atom. The monoisotopic (exact) mass is 219 g/mol. The summed E-state index contributed by atoms with van der Waals surface area (Å²) in [4.78, 5) is 0. The zero-order chi connectivity index (χ0) is 11.6. The van der Waals surface area contributed by atoms with Gasteiger partial charge in [-0.15, -0.1) is 0 Å². The smallest absolute Gasteiger partial charge is 0.00489 e. The zero-order valence-corrected chi connectivity index (χ0v) is 10.7. The lowest BCUT2D eigenvalue weighted by molar-refractivity contribution is 0.565. The lowest BCUT2D eigenvalue weighted by atomic mass is 9.95. The first kappa shape index (κ1) is 13.2. The van der Waals surface area contributed by atoms with E-state index < -0.39 is 0 Å². The van der Waals surface area contributed by atoms with Gasteiger partial charge in [-0.2, -0.15) is 0 Å². The maximum atomic E-state index is 3.45. The van der Waals surface area contributed by atoms with E-state index in [9.17, 15) is 0 Å². The van der Waals surface area contributed by atoms with Gasteiger partial charge in [0.2, 0.25) is 0 Å². The van der Waals surface area contributed by atoms with Gasteiger partial charge in [0.15, 0.2) is 0 Å². The van der Waals surface area contributed by atoms with Crippen molar-refractivity contribution in [3.63, 3.8) is 0 Å². The van der Waals surface area contributed by atoms with Crippen molar-refractivity contribution in [1.29, 1.82) is 0 Å². The fourth-order valence-corrected chi connectivity index (χ4v) is 1.95. The van der Waals surface area contributed by atoms with Crippen molar-refractivity contribution >= 4 is 0 Å². The predicted molar refractivity (Wildman–Crippen MR) is 71.9 cm³/mol. The van der Waals surface area contributed by atoms with E-state index in [0.717, 1.165) is 6.54 Å². The number of unbranched alkanes of at least 4 members (excludes halogenated alkanes) is 1. The van der Waals surface area contributed by atoms with Crippen LogP contribution in [0, 0.1) is 0 Å². The minimum Gasteiger partial charge on any atom is -0.317 e. The van der Waals surface area contributed by atoms with Gasteiger partial charge in [-0.25, -0.2) is 0 Å². The highest BCUT2D eigenvalue weighted by atomic mass is 14.8. The normalized spacial score (nSPS) is 12.6. The summed E-state index contributed by atoms with van der Waals surface area (Å²) in [5, 5.41) is 3.45. The van der Waals surface area contributed by atoms with Gasteiger partial charge in [0.05, 0.1) is 0 Å². The van der Waals surface area contributed by atoms with E-state index >= 15 is 0 Å². The predicted octanol–water partition coefficient (Wildman–Crippen LogP) is 3.96. The number of nitrogens with one attached hydrogen (secondary N) is 1. The number of benzene rings is 1. The quantitative estimate of drug-likeness (QED) is 0.653. The third-order valence-electron chi connectivity index (χ3n) is 3.04. The lowest BCUT2D eigenvalue weighted by Crippen LogP contribution is -2.15. The van der Waals surface area contributed by atoms with Crippen LogP contribution in [0.3, 0.4) is 0 Å². The molecule has 0 aliphatic heterocycles. The zero-order valence-electron chi connectivity index (χ0n) is 10.7. The third-order valence-corrected chi connectivity index (χ3v) is 3.04. The van der Waals surface area contributed by atoms with E-state index in [-0.39, 0.29) is 0 Å². The van der Waals surface area contributed by atoms with E-state index in [1.165, 1.54) is 37.8 Å². The molecule has 16 heavy (non-hydrogen) atoms. The molecule has 0 spiro atoms. The summed E-state index contributed by atoms with van der Waals surface area (Å²) in [5.41, 5.74) is 1.48. The van der Waals surface area contributed by atoms with Crippen LogP contribution in [0.5, 0.6) is 0 Å². The van der Waals surface area contributed by atoms with Gasteiger partial charge < -0.3 is 5.32 Å². The summed E-state index contributed by atoms with van der Waals surface area (Å²) in [6.45, 7) is 6.88. The Hall–Kier alpha value is -0.820. The molecular weight excluding hydrogens is 194 g/mol. The van der Waals surface area contributed by atoms with Crippen molar-refractivity contribution in [3.8, 4) is 0 Å². The molecule has 0 aromatic heterocycles. The molecule has 0 aliphatic carbocycles. The van der Waals surface area contributed by atoms with Crippen LogP contribution in [-0.2, 0) is 0 Å².